The van der Waals surface area contributed by atoms with Crippen LogP contribution in [0.15, 0.2) is 46.0 Å². The molecule has 0 saturated carbocycles. The molecule has 1 aromatic carbocycles. The van der Waals surface area contributed by atoms with Gasteiger partial charge >= 0.3 is 11.9 Å². The lowest BCUT2D eigenvalue weighted by atomic mass is 9.82. The Kier molecular flexibility index (Phi) is 9.54. The summed E-state index contributed by atoms with van der Waals surface area (Å²) in [7, 11) is -2.59. The molecule has 0 aliphatic rings. The van der Waals surface area contributed by atoms with Crippen LogP contribution in [0.25, 0.3) is 0 Å². The molecule has 0 heterocycles. The van der Waals surface area contributed by atoms with Crippen LogP contribution in [0, 0.1) is 5.41 Å². The van der Waals surface area contributed by atoms with E-state index in [1.165, 1.54) is 38.3 Å². The molecule has 1 rings (SSSR count). The Hall–Kier alpha value is -2.61. The molecule has 1 N–H and O–H groups in total. The maximum Gasteiger partial charge on any atom is 0.344 e. The van der Waals surface area contributed by atoms with Crippen molar-refractivity contribution < 1.29 is 32.2 Å². The second-order valence-electron chi connectivity index (χ2n) is 11.3. The predicted molar refractivity (Wildman–Crippen MR) is 134 cm³/mol. The Morgan fingerprint density at radius 1 is 0.857 bits per heavy atom. The zero-order valence-electron chi connectivity index (χ0n) is 22.7. The number of esters is 2. The first-order valence-corrected chi connectivity index (χ1v) is 12.7. The molecule has 0 saturated heterocycles. The fourth-order valence-electron chi connectivity index (χ4n) is 2.83. The molecular formula is C26H39NO7S. The number of nitrogens with one attached hydrogen (secondary N) is 1. The van der Waals surface area contributed by atoms with Gasteiger partial charge in [0.1, 0.15) is 17.0 Å². The summed E-state index contributed by atoms with van der Waals surface area (Å²) < 4.78 is 45.2. The van der Waals surface area contributed by atoms with Crippen molar-refractivity contribution in [3.63, 3.8) is 0 Å². The highest BCUT2D eigenvalue weighted by atomic mass is 32.2. The van der Waals surface area contributed by atoms with E-state index in [4.69, 9.17) is 14.2 Å². The van der Waals surface area contributed by atoms with Crippen molar-refractivity contribution in [2.24, 2.45) is 5.41 Å². The normalized spacial score (nSPS) is 13.3. The topological polar surface area (TPSA) is 108 Å². The molecule has 0 fully saturated rings. The Bertz CT molecular complexity index is 1090. The van der Waals surface area contributed by atoms with Crippen LogP contribution in [0.2, 0.25) is 0 Å². The zero-order valence-corrected chi connectivity index (χ0v) is 23.5. The standard InChI is InChI=1S/C26H39NO7S/c1-17(22(28)33-25(5,6)7)16-20(23(29)34-26(8,9)10)21(24(2,3)4)27-35(30,31)19-14-12-18(32-11)13-15-19/h12-15,21,27H,1-11H3/t16?,21-/m0/s1. The lowest BCUT2D eigenvalue weighted by Crippen LogP contribution is -2.47. The summed E-state index contributed by atoms with van der Waals surface area (Å²) in [4.78, 5) is 25.9. The third kappa shape index (κ3) is 9.88. The molecule has 1 aromatic rings. The van der Waals surface area contributed by atoms with Gasteiger partial charge in [0.05, 0.1) is 29.2 Å². The molecule has 0 aliphatic heterocycles. The van der Waals surface area contributed by atoms with Crippen LogP contribution in [0.3, 0.4) is 0 Å². The van der Waals surface area contributed by atoms with E-state index >= 15 is 0 Å². The SMILES string of the molecule is COc1ccc(S(=O)(=O)N[C@@H](C(=C=C(C)C(=O)OC(C)(C)C)C(=O)OC(C)(C)C)C(C)(C)C)cc1. The number of ether oxygens (including phenoxy) is 3. The number of sulfonamides is 1. The van der Waals surface area contributed by atoms with E-state index in [1.54, 1.807) is 62.3 Å². The van der Waals surface area contributed by atoms with Crippen LogP contribution in [0.1, 0.15) is 69.2 Å². The summed E-state index contributed by atoms with van der Waals surface area (Å²) in [5.74, 6) is -0.969. The van der Waals surface area contributed by atoms with Gasteiger partial charge in [-0.2, -0.15) is 0 Å². The summed E-state index contributed by atoms with van der Waals surface area (Å²) in [5, 5.41) is 0. The second-order valence-corrected chi connectivity index (χ2v) is 13.0. The lowest BCUT2D eigenvalue weighted by molar-refractivity contribution is -0.150. The molecule has 0 amide bonds. The van der Waals surface area contributed by atoms with Crippen LogP contribution < -0.4 is 9.46 Å². The smallest absolute Gasteiger partial charge is 0.344 e. The molecule has 35 heavy (non-hydrogen) atoms. The average molecular weight is 510 g/mol. The first-order valence-electron chi connectivity index (χ1n) is 11.3. The van der Waals surface area contributed by atoms with Gasteiger partial charge in [0.15, 0.2) is 0 Å². The van der Waals surface area contributed by atoms with Crippen molar-refractivity contribution in [1.29, 1.82) is 0 Å². The molecule has 8 nitrogen and oxygen atoms in total. The van der Waals surface area contributed by atoms with E-state index in [1.807, 2.05) is 0 Å². The quantitative estimate of drug-likeness (QED) is 0.326. The predicted octanol–water partition coefficient (Wildman–Crippen LogP) is 4.54. The molecule has 196 valence electrons. The molecule has 1 atom stereocenters. The van der Waals surface area contributed by atoms with Gasteiger partial charge in [0.2, 0.25) is 10.0 Å². The van der Waals surface area contributed by atoms with Crippen LogP contribution in [-0.2, 0) is 29.1 Å². The number of carbonyl (C=O) groups is 2. The highest BCUT2D eigenvalue weighted by Gasteiger charge is 2.38. The average Bonchev–Trinajstić information content (AvgIpc) is 2.67. The molecule has 0 spiro atoms. The molecule has 0 unspecified atom stereocenters. The minimum atomic E-state index is -4.07. The molecule has 9 heteroatoms. The van der Waals surface area contributed by atoms with Gasteiger partial charge in [-0.25, -0.2) is 22.7 Å². The van der Waals surface area contributed by atoms with Crippen molar-refractivity contribution in [1.82, 2.24) is 4.72 Å². The third-order valence-corrected chi connectivity index (χ3v) is 5.88. The summed E-state index contributed by atoms with van der Waals surface area (Å²) >= 11 is 0. The lowest BCUT2D eigenvalue weighted by Gasteiger charge is -2.32. The van der Waals surface area contributed by atoms with E-state index in [0.717, 1.165) is 0 Å². The minimum Gasteiger partial charge on any atom is -0.497 e. The summed E-state index contributed by atoms with van der Waals surface area (Å²) in [6.45, 7) is 17.0. The fourth-order valence-corrected chi connectivity index (χ4v) is 4.24. The van der Waals surface area contributed by atoms with Crippen LogP contribution in [0.5, 0.6) is 5.75 Å². The number of rotatable bonds is 7. The van der Waals surface area contributed by atoms with E-state index < -0.39 is 44.6 Å². The maximum atomic E-state index is 13.3. The number of benzene rings is 1. The number of carbonyl (C=O) groups excluding carboxylic acids is 2. The van der Waals surface area contributed by atoms with E-state index in [-0.39, 0.29) is 16.0 Å². The van der Waals surface area contributed by atoms with Gasteiger partial charge in [-0.1, -0.05) is 26.5 Å². The van der Waals surface area contributed by atoms with E-state index in [0.29, 0.717) is 5.75 Å². The third-order valence-electron chi connectivity index (χ3n) is 4.44. The van der Waals surface area contributed by atoms with Gasteiger partial charge < -0.3 is 14.2 Å². The minimum absolute atomic E-state index is 0.0102. The van der Waals surface area contributed by atoms with Gasteiger partial charge in [-0.15, -0.1) is 0 Å². The number of methoxy groups -OCH3 is 1. The van der Waals surface area contributed by atoms with Gasteiger partial charge in [0.25, 0.3) is 0 Å². The maximum absolute atomic E-state index is 13.3. The first kappa shape index (κ1) is 30.4. The largest absolute Gasteiger partial charge is 0.497 e. The van der Waals surface area contributed by atoms with Gasteiger partial charge in [0, 0.05) is 0 Å². The van der Waals surface area contributed by atoms with Crippen molar-refractivity contribution in [2.45, 2.75) is 91.4 Å². The zero-order chi connectivity index (χ0) is 27.4. The molecule has 0 aliphatic carbocycles. The summed E-state index contributed by atoms with van der Waals surface area (Å²) in [5.41, 5.74) is 0.262. The van der Waals surface area contributed by atoms with Crippen LogP contribution >= 0.6 is 0 Å². The molecule has 0 radical (unpaired) electrons. The Balaban J connectivity index is 3.70. The number of hydrogen-bond acceptors (Lipinski definition) is 7. The second kappa shape index (κ2) is 11.0. The van der Waals surface area contributed by atoms with Crippen molar-refractivity contribution in [3.8, 4) is 5.75 Å². The van der Waals surface area contributed by atoms with Crippen LogP contribution in [0.4, 0.5) is 0 Å². The van der Waals surface area contributed by atoms with E-state index in [9.17, 15) is 18.0 Å². The Labute approximate surface area is 209 Å². The van der Waals surface area contributed by atoms with Crippen LogP contribution in [-0.4, -0.2) is 44.7 Å². The number of hydrogen-bond donors (Lipinski definition) is 1. The first-order chi connectivity index (χ1) is 15.7. The van der Waals surface area contributed by atoms with E-state index in [2.05, 4.69) is 10.5 Å². The van der Waals surface area contributed by atoms with Crippen molar-refractivity contribution in [2.75, 3.05) is 7.11 Å². The summed E-state index contributed by atoms with van der Waals surface area (Å²) in [6.07, 6.45) is 0. The molecule has 0 bridgehead atoms. The Morgan fingerprint density at radius 3 is 1.71 bits per heavy atom. The molecular weight excluding hydrogens is 470 g/mol. The Morgan fingerprint density at radius 2 is 1.31 bits per heavy atom. The highest BCUT2D eigenvalue weighted by Crippen LogP contribution is 2.29. The highest BCUT2D eigenvalue weighted by molar-refractivity contribution is 7.89. The summed E-state index contributed by atoms with van der Waals surface area (Å²) in [6, 6.07) is 4.77. The van der Waals surface area contributed by atoms with Crippen molar-refractivity contribution >= 4 is 22.0 Å². The monoisotopic (exact) mass is 509 g/mol. The molecule has 0 aromatic heterocycles. The van der Waals surface area contributed by atoms with Gasteiger partial charge in [-0.05, 0) is 78.1 Å². The van der Waals surface area contributed by atoms with Crippen molar-refractivity contribution in [3.05, 3.63) is 41.1 Å². The van der Waals surface area contributed by atoms with Gasteiger partial charge in [-0.3, -0.25) is 0 Å². The fraction of sp³-hybridized carbons (Fsp3) is 0.577.